The van der Waals surface area contributed by atoms with Crippen molar-refractivity contribution in [3.05, 3.63) is 108 Å². The van der Waals surface area contributed by atoms with E-state index in [0.717, 1.165) is 24.8 Å². The van der Waals surface area contributed by atoms with Crippen molar-refractivity contribution in [2.75, 3.05) is 26.3 Å². The lowest BCUT2D eigenvalue weighted by Crippen LogP contribution is -2.43. The van der Waals surface area contributed by atoms with Gasteiger partial charge in [-0.1, -0.05) is 48.9 Å². The summed E-state index contributed by atoms with van der Waals surface area (Å²) in [6.45, 7) is -5.93. The van der Waals surface area contributed by atoms with Crippen LogP contribution in [0.25, 0.3) is 0 Å². The number of rotatable bonds is 24. The Bertz CT molecular complexity index is 5250. The summed E-state index contributed by atoms with van der Waals surface area (Å²) >= 11 is 19.3. The number of halogens is 4. The minimum atomic E-state index is -6.02. The lowest BCUT2D eigenvalue weighted by atomic mass is 10.1. The van der Waals surface area contributed by atoms with Crippen LogP contribution in [0, 0.1) is 46.3 Å². The van der Waals surface area contributed by atoms with Crippen molar-refractivity contribution >= 4 is 111 Å². The third-order valence-corrected chi connectivity index (χ3v) is 22.9. The summed E-state index contributed by atoms with van der Waals surface area (Å²) in [5, 5.41) is 79.9. The number of H-pyrrole nitrogens is 4. The van der Waals surface area contributed by atoms with Crippen molar-refractivity contribution in [1.82, 2.24) is 38.2 Å². The van der Waals surface area contributed by atoms with Gasteiger partial charge in [0.25, 0.3) is 23.4 Å². The molecule has 20 atom stereocenters. The third kappa shape index (κ3) is 25.3. The van der Waals surface area contributed by atoms with Crippen LogP contribution in [0.15, 0.2) is 44.0 Å². The van der Waals surface area contributed by atoms with E-state index in [4.69, 9.17) is 111 Å². The van der Waals surface area contributed by atoms with Crippen LogP contribution in [0.3, 0.4) is 0 Å². The summed E-state index contributed by atoms with van der Waals surface area (Å²) in [5.41, 5.74) is -3.27. The van der Waals surface area contributed by atoms with E-state index in [1.54, 1.807) is 0 Å². The largest absolute Gasteiger partial charge is 0.481 e. The summed E-state index contributed by atoms with van der Waals surface area (Å²) in [7, 11) is -45.2. The zero-order valence-corrected chi connectivity index (χ0v) is 63.2. The van der Waals surface area contributed by atoms with Crippen LogP contribution in [0.4, 0.5) is 17.6 Å². The predicted molar refractivity (Wildman–Crippen MR) is 342 cm³/mol. The van der Waals surface area contributed by atoms with E-state index in [1.807, 2.05) is 0 Å². The van der Waals surface area contributed by atoms with Crippen molar-refractivity contribution in [2.45, 2.75) is 125 Å². The van der Waals surface area contributed by atoms with Crippen LogP contribution >= 0.6 is 111 Å². The Hall–Kier alpha value is -3.32. The zero-order valence-electron chi connectivity index (χ0n) is 58.8. The molecule has 4 fully saturated rings. The Kier molecular flexibility index (Phi) is 27.7. The number of phosphoric ester groups is 4. The maximum absolute atomic E-state index is 15.3. The second kappa shape index (κ2) is 35.0. The SMILES string of the molecule is Cc1cn([C@@H]2O[C@](F)(COP(=O)(O)OP(=O)(O)O)[C@@H](O)[C@H]2O)c(=O)[nH]c1=S.[2H]C([2H])(OP(=O)(O)OP(=O)(O)O)[C@@]1(F)O[C@@H](n2cc(C)c(=S)[nH]c2=O)[C@H](O)[C@@H]1O.[2H]C([2H])(OP(=O)(O)OP(=O)(O)O)[C@@]1(F)O[C@@]([2H])(n2cc(C)c(=S)[nH]c2=O)[C@H](O)[C@@H]1O.[2H][C@@]1(n2cc(C)c(=S)[nH]c2=O)O[C@](F)(COP(=O)(O)OP(=O)(O)O)[C@@H](O)[C@H]1O. The Morgan fingerprint density at radius 3 is 0.907 bits per heavy atom. The summed E-state index contributed by atoms with van der Waals surface area (Å²) in [4.78, 5) is 162. The summed E-state index contributed by atoms with van der Waals surface area (Å²) in [6, 6.07) is 0. The van der Waals surface area contributed by atoms with Crippen molar-refractivity contribution in [1.29, 1.82) is 0 Å². The zero-order chi connectivity index (χ0) is 88.6. The molecule has 52 nitrogen and oxygen atoms in total. The van der Waals surface area contributed by atoms with Gasteiger partial charge in [-0.05, 0) is 27.7 Å². The number of hydrogen-bond donors (Lipinski definition) is 24. The summed E-state index contributed by atoms with van der Waals surface area (Å²) in [6.07, 6.45) is -26.2. The van der Waals surface area contributed by atoms with Crippen molar-refractivity contribution in [3.63, 3.8) is 0 Å². The van der Waals surface area contributed by atoms with Crippen LogP contribution in [-0.4, -0.2) is 236 Å². The first kappa shape index (κ1) is 85.6. The van der Waals surface area contributed by atoms with Crippen LogP contribution in [0.1, 0.15) is 55.3 Å². The quantitative estimate of drug-likeness (QED) is 0.0195. The molecule has 616 valence electrons. The topological polar surface area (TPSA) is 803 Å². The molecule has 24 N–H and O–H groups in total. The van der Waals surface area contributed by atoms with E-state index in [-0.39, 0.29) is 39.8 Å². The van der Waals surface area contributed by atoms with Gasteiger partial charge < -0.3 is 119 Å². The number of aliphatic hydroxyl groups is 8. The minimum absolute atomic E-state index is 0.000245. The van der Waals surface area contributed by atoms with Gasteiger partial charge >= 0.3 is 85.3 Å². The average molecular weight is 1820 g/mol. The highest BCUT2D eigenvalue weighted by atomic mass is 32.1. The maximum Gasteiger partial charge on any atom is 0.481 e. The number of nitrogens with zero attached hydrogens (tertiary/aromatic N) is 4. The number of nitrogens with one attached hydrogen (secondary N) is 4. The predicted octanol–water partition coefficient (Wildman–Crippen LogP) is -2.57. The highest BCUT2D eigenvalue weighted by molar-refractivity contribution is 7.72. The van der Waals surface area contributed by atoms with E-state index in [0.29, 0.717) is 19.3 Å². The number of aliphatic hydroxyl groups excluding tert-OH is 8. The highest BCUT2D eigenvalue weighted by Gasteiger charge is 2.61. The van der Waals surface area contributed by atoms with E-state index < -0.39 is 209 Å². The lowest BCUT2D eigenvalue weighted by Gasteiger charge is -2.23. The number of hydrogen-bond acceptors (Lipinski definition) is 36. The monoisotopic (exact) mass is 1810 g/mol. The second-order valence-electron chi connectivity index (χ2n) is 21.3. The van der Waals surface area contributed by atoms with Crippen molar-refractivity contribution < 1.29 is 216 Å². The van der Waals surface area contributed by atoms with Gasteiger partial charge in [-0.2, -0.15) is 17.2 Å². The molecule has 108 heavy (non-hydrogen) atoms. The molecule has 4 aliphatic heterocycles. The molecule has 4 unspecified atom stereocenters. The number of alkyl halides is 4. The number of aromatic nitrogens is 8. The smallest absolute Gasteiger partial charge is 0.385 e. The molecule has 0 saturated carbocycles. The Morgan fingerprint density at radius 2 is 0.611 bits per heavy atom. The molecule has 4 aromatic rings. The number of aryl methyl sites for hydroxylation is 4. The van der Waals surface area contributed by atoms with Crippen molar-refractivity contribution in [3.8, 4) is 0 Å². The average Bonchev–Trinajstić information content (AvgIpc) is 1.56. The molecule has 0 spiro atoms. The molecule has 0 aromatic carbocycles. The van der Waals surface area contributed by atoms with Gasteiger partial charge in [0.1, 0.15) is 93.7 Å². The summed E-state index contributed by atoms with van der Waals surface area (Å²) in [5.74, 6) is -15.3. The third-order valence-electron chi connectivity index (χ3n) is 13.0. The molecule has 0 aliphatic carbocycles. The summed E-state index contributed by atoms with van der Waals surface area (Å²) < 4.78 is 245. The van der Waals surface area contributed by atoms with E-state index in [1.165, 1.54) is 27.7 Å². The van der Waals surface area contributed by atoms with E-state index >= 15 is 8.78 Å². The fourth-order valence-corrected chi connectivity index (χ4v) is 14.8. The molecule has 4 aliphatic rings. The van der Waals surface area contributed by atoms with Crippen LogP contribution in [0.5, 0.6) is 0 Å². The Morgan fingerprint density at radius 1 is 0.398 bits per heavy atom. The Labute approximate surface area is 622 Å². The van der Waals surface area contributed by atoms with Gasteiger partial charge in [0.2, 0.25) is 0 Å². The maximum atomic E-state index is 15.3. The molecule has 0 bridgehead atoms. The van der Waals surface area contributed by atoms with Crippen LogP contribution in [0.2, 0.25) is 0 Å². The molecule has 8 rings (SSSR count). The molecular formula is C40H60F4N8O44P8S4. The molecule has 8 heterocycles. The molecule has 68 heteroatoms. The number of ether oxygens (including phenoxy) is 4. The number of phosphoric acid groups is 8. The van der Waals surface area contributed by atoms with Crippen LogP contribution < -0.4 is 22.8 Å². The molecular weight excluding hydrogens is 1750 g/mol. The molecule has 0 amide bonds. The van der Waals surface area contributed by atoms with Gasteiger partial charge in [-0.3, -0.25) is 56.3 Å². The molecule has 4 aromatic heterocycles. The molecule has 0 radical (unpaired) electrons. The van der Waals surface area contributed by atoms with Gasteiger partial charge in [-0.25, -0.2) is 73.3 Å². The van der Waals surface area contributed by atoms with Gasteiger partial charge in [0.05, 0.1) is 8.22 Å². The van der Waals surface area contributed by atoms with E-state index in [9.17, 15) is 115 Å². The van der Waals surface area contributed by atoms with Gasteiger partial charge in [0.15, 0.2) is 24.9 Å². The Balaban J connectivity index is 0.000000272. The minimum Gasteiger partial charge on any atom is -0.385 e. The normalized spacial score (nSPS) is 33.4. The van der Waals surface area contributed by atoms with Gasteiger partial charge in [-0.15, -0.1) is 0 Å². The fourth-order valence-electron chi connectivity index (χ4n) is 8.15. The van der Waals surface area contributed by atoms with Crippen LogP contribution in [-0.2, 0) is 90.8 Å². The molecule has 4 saturated heterocycles. The first-order valence-corrected chi connectivity index (χ1v) is 40.9. The first-order chi connectivity index (χ1) is 50.8. The second-order valence-corrected chi connectivity index (χ2v) is 34.1. The lowest BCUT2D eigenvalue weighted by molar-refractivity contribution is -0.205. The first-order valence-electron chi connectivity index (χ1n) is 30.2. The number of aromatic amines is 4. The van der Waals surface area contributed by atoms with E-state index in [2.05, 4.69) is 69.5 Å². The standard InChI is InChI=1S/4C10H15FN2O11P2S/c4*1-4-2-13(9(16)12-7(4)27)8-5(14)6(15)10(11,23-8)3-22-26(20,21)24-25(17,18)19/h4*2,5-6,8,14-15H,3H2,1H3,(H,20,21)(H,12,16,27)(H2,17,18,19)/t4*5-,6+,8-,10-/m1111/s1/i3D2,8D;8D;3D2;. The van der Waals surface area contributed by atoms with Crippen molar-refractivity contribution in [2.24, 2.45) is 0 Å². The fraction of sp³-hybridized carbons (Fsp3) is 0.600. The highest BCUT2D eigenvalue weighted by Crippen LogP contribution is 2.62. The van der Waals surface area contributed by atoms with Gasteiger partial charge in [0, 0.05) is 47.0 Å².